The third-order valence-corrected chi connectivity index (χ3v) is 11.3. The summed E-state index contributed by atoms with van der Waals surface area (Å²) in [7, 11) is 0. The van der Waals surface area contributed by atoms with Crippen LogP contribution in [-0.2, 0) is 23.9 Å². The minimum Gasteiger partial charge on any atom is -0.465 e. The Morgan fingerprint density at radius 1 is 0.418 bits per heavy atom. The van der Waals surface area contributed by atoms with E-state index in [1.807, 2.05) is 0 Å². The van der Waals surface area contributed by atoms with E-state index in [0.717, 1.165) is 122 Å². The Bertz CT molecular complexity index is 794. The van der Waals surface area contributed by atoms with Crippen molar-refractivity contribution in [1.82, 2.24) is 10.2 Å². The van der Waals surface area contributed by atoms with E-state index in [4.69, 9.17) is 9.47 Å². The van der Waals surface area contributed by atoms with Gasteiger partial charge in [-0.2, -0.15) is 0 Å². The summed E-state index contributed by atoms with van der Waals surface area (Å²) in [6.45, 7) is 15.2. The highest BCUT2D eigenvalue weighted by molar-refractivity contribution is 5.73. The lowest BCUT2D eigenvalue weighted by Crippen LogP contribution is -2.35. The van der Waals surface area contributed by atoms with Crippen LogP contribution in [0.15, 0.2) is 0 Å². The van der Waals surface area contributed by atoms with Crippen LogP contribution in [0, 0.1) is 11.8 Å². The summed E-state index contributed by atoms with van der Waals surface area (Å²) < 4.78 is 11.6. The molecule has 0 heterocycles. The number of nitrogens with one attached hydrogen (secondary N) is 1. The first kappa shape index (κ1) is 53.4. The van der Waals surface area contributed by atoms with E-state index in [9.17, 15) is 14.4 Å². The molecule has 7 nitrogen and oxygen atoms in total. The van der Waals surface area contributed by atoms with Crippen molar-refractivity contribution >= 4 is 17.8 Å². The van der Waals surface area contributed by atoms with E-state index in [0.29, 0.717) is 19.8 Å². The second-order valence-electron chi connectivity index (χ2n) is 16.7. The Labute approximate surface area is 342 Å². The van der Waals surface area contributed by atoms with Gasteiger partial charge in [-0.25, -0.2) is 0 Å². The van der Waals surface area contributed by atoms with Gasteiger partial charge >= 0.3 is 11.9 Å². The Kier molecular flexibility index (Phi) is 40.7. The molecule has 0 saturated heterocycles. The number of hydrogen-bond donors (Lipinski definition) is 1. The van der Waals surface area contributed by atoms with Crippen molar-refractivity contribution in [3.63, 3.8) is 0 Å². The summed E-state index contributed by atoms with van der Waals surface area (Å²) >= 11 is 0. The fourth-order valence-corrected chi connectivity index (χ4v) is 7.63. The number of hydrogen-bond acceptors (Lipinski definition) is 6. The standard InChI is InChI=1S/C48H94N2O5/c1-6-10-14-18-20-28-36-45(34-26-16-12-8-3)47(52)54-42-32-24-22-30-39-50(41-38-49-44(5)51)40-31-23-25-33-43-55-48(53)46(35-27-17-13-9-4)37-29-21-19-15-11-7-2/h45-46H,6-43H2,1-5H3,(H,49,51). The molecule has 0 aromatic carbocycles. The molecule has 0 bridgehead atoms. The Hall–Kier alpha value is -1.63. The molecule has 7 heteroatoms. The first-order valence-electron chi connectivity index (χ1n) is 24.2. The van der Waals surface area contributed by atoms with Crippen LogP contribution in [-0.4, -0.2) is 62.1 Å². The number of carbonyl (C=O) groups excluding carboxylic acids is 3. The number of amides is 1. The van der Waals surface area contributed by atoms with Crippen molar-refractivity contribution in [3.8, 4) is 0 Å². The molecule has 1 amide bonds. The highest BCUT2D eigenvalue weighted by Crippen LogP contribution is 2.22. The van der Waals surface area contributed by atoms with Gasteiger partial charge in [-0.15, -0.1) is 0 Å². The molecular weight excluding hydrogens is 685 g/mol. The van der Waals surface area contributed by atoms with Crippen LogP contribution >= 0.6 is 0 Å². The molecule has 0 rings (SSSR count). The topological polar surface area (TPSA) is 84.9 Å². The molecule has 0 fully saturated rings. The van der Waals surface area contributed by atoms with Gasteiger partial charge in [0.05, 0.1) is 25.0 Å². The maximum Gasteiger partial charge on any atom is 0.308 e. The predicted molar refractivity (Wildman–Crippen MR) is 234 cm³/mol. The first-order chi connectivity index (χ1) is 26.9. The van der Waals surface area contributed by atoms with Gasteiger partial charge in [-0.05, 0) is 64.5 Å². The van der Waals surface area contributed by atoms with Crippen LogP contribution in [0.2, 0.25) is 0 Å². The van der Waals surface area contributed by atoms with Crippen molar-refractivity contribution in [1.29, 1.82) is 0 Å². The number of esters is 2. The van der Waals surface area contributed by atoms with Crippen molar-refractivity contribution < 1.29 is 23.9 Å². The maximum absolute atomic E-state index is 13.0. The van der Waals surface area contributed by atoms with E-state index in [1.54, 1.807) is 6.92 Å². The molecule has 326 valence electrons. The Balaban J connectivity index is 4.44. The zero-order chi connectivity index (χ0) is 40.5. The van der Waals surface area contributed by atoms with Crippen molar-refractivity contribution in [3.05, 3.63) is 0 Å². The molecule has 1 N–H and O–H groups in total. The molecule has 0 saturated carbocycles. The Morgan fingerprint density at radius 3 is 1.09 bits per heavy atom. The van der Waals surface area contributed by atoms with Crippen LogP contribution < -0.4 is 5.32 Å². The van der Waals surface area contributed by atoms with Crippen molar-refractivity contribution in [2.45, 2.75) is 240 Å². The van der Waals surface area contributed by atoms with Gasteiger partial charge in [0, 0.05) is 20.0 Å². The second kappa shape index (κ2) is 42.0. The quantitative estimate of drug-likeness (QED) is 0.0490. The summed E-state index contributed by atoms with van der Waals surface area (Å²) in [5.74, 6) is 0.255. The largest absolute Gasteiger partial charge is 0.465 e. The molecule has 55 heavy (non-hydrogen) atoms. The van der Waals surface area contributed by atoms with E-state index in [1.165, 1.54) is 103 Å². The third-order valence-electron chi connectivity index (χ3n) is 11.3. The summed E-state index contributed by atoms with van der Waals surface area (Å²) in [5, 5.41) is 2.96. The van der Waals surface area contributed by atoms with Crippen molar-refractivity contribution in [2.75, 3.05) is 39.4 Å². The fraction of sp³-hybridized carbons (Fsp3) is 0.938. The normalized spacial score (nSPS) is 12.5. The van der Waals surface area contributed by atoms with Gasteiger partial charge in [-0.1, -0.05) is 182 Å². The monoisotopic (exact) mass is 779 g/mol. The zero-order valence-electron chi connectivity index (χ0n) is 37.5. The average molecular weight is 779 g/mol. The second-order valence-corrected chi connectivity index (χ2v) is 16.7. The van der Waals surface area contributed by atoms with Gasteiger partial charge in [-0.3, -0.25) is 14.4 Å². The smallest absolute Gasteiger partial charge is 0.308 e. The summed E-state index contributed by atoms with van der Waals surface area (Å²) in [5.41, 5.74) is 0. The van der Waals surface area contributed by atoms with Crippen LogP contribution in [0.4, 0.5) is 0 Å². The predicted octanol–water partition coefficient (Wildman–Crippen LogP) is 13.3. The molecule has 0 aromatic rings. The van der Waals surface area contributed by atoms with Gasteiger partial charge in [0.2, 0.25) is 5.91 Å². The van der Waals surface area contributed by atoms with Crippen LogP contribution in [0.5, 0.6) is 0 Å². The number of carbonyl (C=O) groups is 3. The molecule has 0 aliphatic carbocycles. The molecule has 2 unspecified atom stereocenters. The number of unbranched alkanes of at least 4 members (excludes halogenated alkanes) is 22. The lowest BCUT2D eigenvalue weighted by atomic mass is 9.94. The molecule has 2 atom stereocenters. The van der Waals surface area contributed by atoms with Crippen molar-refractivity contribution in [2.24, 2.45) is 11.8 Å². The van der Waals surface area contributed by atoms with Gasteiger partial charge < -0.3 is 19.7 Å². The third kappa shape index (κ3) is 36.5. The number of ether oxygens (including phenoxy) is 2. The summed E-state index contributed by atoms with van der Waals surface area (Å²) in [4.78, 5) is 39.9. The number of nitrogens with zero attached hydrogens (tertiary/aromatic N) is 1. The van der Waals surface area contributed by atoms with Gasteiger partial charge in [0.25, 0.3) is 0 Å². The minimum atomic E-state index is 0.0226. The fourth-order valence-electron chi connectivity index (χ4n) is 7.63. The highest BCUT2D eigenvalue weighted by atomic mass is 16.5. The lowest BCUT2D eigenvalue weighted by Gasteiger charge is -2.22. The average Bonchev–Trinajstić information content (AvgIpc) is 3.17. The SMILES string of the molecule is CCCCCCCCC(CCCCCC)C(=O)OCCCCCCN(CCCCCCOC(=O)C(CCCCCC)CCCCCCCC)CCNC(C)=O. The van der Waals surface area contributed by atoms with Gasteiger partial charge in [0.1, 0.15) is 0 Å². The maximum atomic E-state index is 13.0. The summed E-state index contributed by atoms with van der Waals surface area (Å²) in [6.07, 6.45) is 37.2. The molecule has 0 spiro atoms. The van der Waals surface area contributed by atoms with E-state index < -0.39 is 0 Å². The molecule has 0 aliphatic heterocycles. The van der Waals surface area contributed by atoms with E-state index in [2.05, 4.69) is 37.9 Å². The number of rotatable bonds is 43. The van der Waals surface area contributed by atoms with E-state index in [-0.39, 0.29) is 29.7 Å². The van der Waals surface area contributed by atoms with Crippen LogP contribution in [0.1, 0.15) is 240 Å². The highest BCUT2D eigenvalue weighted by Gasteiger charge is 2.20. The molecule has 0 radical (unpaired) electrons. The minimum absolute atomic E-state index is 0.0226. The van der Waals surface area contributed by atoms with Gasteiger partial charge in [0.15, 0.2) is 0 Å². The molecular formula is C48H94N2O5. The molecule has 0 aliphatic rings. The zero-order valence-corrected chi connectivity index (χ0v) is 37.5. The molecule has 0 aromatic heterocycles. The van der Waals surface area contributed by atoms with Crippen LogP contribution in [0.3, 0.4) is 0 Å². The lowest BCUT2D eigenvalue weighted by molar-refractivity contribution is -0.150. The van der Waals surface area contributed by atoms with E-state index >= 15 is 0 Å². The summed E-state index contributed by atoms with van der Waals surface area (Å²) in [6, 6.07) is 0. The Morgan fingerprint density at radius 2 is 0.727 bits per heavy atom. The van der Waals surface area contributed by atoms with Crippen LogP contribution in [0.25, 0.3) is 0 Å². The first-order valence-corrected chi connectivity index (χ1v) is 24.2.